The van der Waals surface area contributed by atoms with Gasteiger partial charge in [-0.2, -0.15) is 5.26 Å². The van der Waals surface area contributed by atoms with Crippen LogP contribution in [0.2, 0.25) is 0 Å². The summed E-state index contributed by atoms with van der Waals surface area (Å²) in [6, 6.07) is 12.5. The fourth-order valence-corrected chi connectivity index (χ4v) is 2.30. The molecule has 18 heavy (non-hydrogen) atoms. The minimum atomic E-state index is 0.0275. The third-order valence-corrected chi connectivity index (χ3v) is 3.71. The fourth-order valence-electron chi connectivity index (χ4n) is 1.70. The molecule has 0 aliphatic heterocycles. The molecule has 0 atom stereocenters. The molecule has 1 N–H and O–H groups in total. The summed E-state index contributed by atoms with van der Waals surface area (Å²) >= 11 is 1.39. The van der Waals surface area contributed by atoms with Crippen molar-refractivity contribution in [2.75, 3.05) is 11.9 Å². The van der Waals surface area contributed by atoms with Gasteiger partial charge in [0.1, 0.15) is 10.9 Å². The second-order valence-electron chi connectivity index (χ2n) is 4.74. The largest absolute Gasteiger partial charge is 0.361 e. The lowest BCUT2D eigenvalue weighted by Gasteiger charge is -2.25. The fraction of sp³-hybridized carbons (Fsp3) is 0.286. The van der Waals surface area contributed by atoms with Gasteiger partial charge in [0.05, 0.1) is 6.20 Å². The summed E-state index contributed by atoms with van der Waals surface area (Å²) in [5, 5.41) is 12.8. The van der Waals surface area contributed by atoms with Crippen molar-refractivity contribution in [3.63, 3.8) is 0 Å². The van der Waals surface area contributed by atoms with Crippen molar-refractivity contribution < 1.29 is 0 Å². The first kappa shape index (κ1) is 12.6. The maximum Gasteiger partial charge on any atom is 0.183 e. The van der Waals surface area contributed by atoms with Gasteiger partial charge in [-0.3, -0.25) is 0 Å². The van der Waals surface area contributed by atoms with Gasteiger partial charge >= 0.3 is 0 Å². The Hall–Kier alpha value is -1.86. The molecular weight excluding hydrogens is 242 g/mol. The molecule has 0 aliphatic carbocycles. The van der Waals surface area contributed by atoms with E-state index in [0.717, 1.165) is 11.7 Å². The molecule has 4 heteroatoms. The van der Waals surface area contributed by atoms with Crippen LogP contribution in [-0.4, -0.2) is 11.5 Å². The highest BCUT2D eigenvalue weighted by molar-refractivity contribution is 7.16. The zero-order valence-corrected chi connectivity index (χ0v) is 11.3. The van der Waals surface area contributed by atoms with Gasteiger partial charge in [-0.15, -0.1) is 0 Å². The number of nitriles is 1. The number of anilines is 1. The van der Waals surface area contributed by atoms with E-state index in [4.69, 9.17) is 5.26 Å². The van der Waals surface area contributed by atoms with E-state index >= 15 is 0 Å². The average molecular weight is 257 g/mol. The van der Waals surface area contributed by atoms with Crippen molar-refractivity contribution in [1.82, 2.24) is 4.98 Å². The molecule has 0 bridgehead atoms. The van der Waals surface area contributed by atoms with Crippen LogP contribution in [0.4, 0.5) is 5.13 Å². The van der Waals surface area contributed by atoms with Crippen molar-refractivity contribution in [2.45, 2.75) is 19.3 Å². The third kappa shape index (κ3) is 2.88. The van der Waals surface area contributed by atoms with Crippen LogP contribution < -0.4 is 5.32 Å². The number of hydrogen-bond donors (Lipinski definition) is 1. The van der Waals surface area contributed by atoms with E-state index in [-0.39, 0.29) is 5.41 Å². The Morgan fingerprint density at radius 3 is 2.67 bits per heavy atom. The Morgan fingerprint density at radius 1 is 1.33 bits per heavy atom. The Balaban J connectivity index is 2.03. The summed E-state index contributed by atoms with van der Waals surface area (Å²) < 4.78 is 0. The van der Waals surface area contributed by atoms with Crippen molar-refractivity contribution in [3.8, 4) is 6.07 Å². The minimum Gasteiger partial charge on any atom is -0.361 e. The lowest BCUT2D eigenvalue weighted by molar-refractivity contribution is 0.557. The molecule has 0 amide bonds. The Labute approximate surface area is 111 Å². The molecule has 1 aromatic carbocycles. The molecule has 0 unspecified atom stereocenters. The van der Waals surface area contributed by atoms with Crippen LogP contribution in [0.5, 0.6) is 0 Å². The molecule has 2 aromatic rings. The number of nitrogens with one attached hydrogen (secondary N) is 1. The molecule has 3 nitrogen and oxygen atoms in total. The lowest BCUT2D eigenvalue weighted by Crippen LogP contribution is -2.27. The van der Waals surface area contributed by atoms with Gasteiger partial charge in [-0.05, 0) is 5.56 Å². The zero-order chi connectivity index (χ0) is 13.0. The van der Waals surface area contributed by atoms with Gasteiger partial charge in [0.2, 0.25) is 0 Å². The molecule has 0 fully saturated rings. The summed E-state index contributed by atoms with van der Waals surface area (Å²) in [5.74, 6) is 0. The van der Waals surface area contributed by atoms with E-state index < -0.39 is 0 Å². The van der Waals surface area contributed by atoms with Gasteiger partial charge in [0.25, 0.3) is 0 Å². The quantitative estimate of drug-likeness (QED) is 0.913. The van der Waals surface area contributed by atoms with E-state index in [1.807, 2.05) is 18.2 Å². The van der Waals surface area contributed by atoms with Gasteiger partial charge in [-0.25, -0.2) is 4.98 Å². The van der Waals surface area contributed by atoms with Crippen LogP contribution in [0.15, 0.2) is 36.5 Å². The maximum absolute atomic E-state index is 8.75. The van der Waals surface area contributed by atoms with Crippen LogP contribution in [0.25, 0.3) is 0 Å². The molecule has 1 aromatic heterocycles. The summed E-state index contributed by atoms with van der Waals surface area (Å²) in [6.45, 7) is 5.16. The highest BCUT2D eigenvalue weighted by Gasteiger charge is 2.20. The van der Waals surface area contributed by atoms with Crippen LogP contribution >= 0.6 is 11.3 Å². The van der Waals surface area contributed by atoms with E-state index in [2.05, 4.69) is 42.4 Å². The molecular formula is C14H15N3S. The number of nitrogens with zero attached hydrogens (tertiary/aromatic N) is 2. The minimum absolute atomic E-state index is 0.0275. The van der Waals surface area contributed by atoms with E-state index in [0.29, 0.717) is 4.88 Å². The summed E-state index contributed by atoms with van der Waals surface area (Å²) in [7, 11) is 0. The van der Waals surface area contributed by atoms with Gasteiger partial charge in [-0.1, -0.05) is 55.5 Å². The molecule has 0 saturated carbocycles. The summed E-state index contributed by atoms with van der Waals surface area (Å²) in [6.07, 6.45) is 1.60. The monoisotopic (exact) mass is 257 g/mol. The number of thiazole rings is 1. The summed E-state index contributed by atoms with van der Waals surface area (Å²) in [4.78, 5) is 4.80. The highest BCUT2D eigenvalue weighted by atomic mass is 32.1. The molecule has 0 spiro atoms. The van der Waals surface area contributed by atoms with Crippen LogP contribution in [0.3, 0.4) is 0 Å². The van der Waals surface area contributed by atoms with E-state index in [1.54, 1.807) is 6.20 Å². The maximum atomic E-state index is 8.75. The predicted molar refractivity (Wildman–Crippen MR) is 74.8 cm³/mol. The first-order valence-electron chi connectivity index (χ1n) is 5.77. The first-order valence-corrected chi connectivity index (χ1v) is 6.59. The standard InChI is InChI=1S/C14H15N3S/c1-14(2,11-6-4-3-5-7-11)10-17-13-16-9-12(8-15)18-13/h3-7,9H,10H2,1-2H3,(H,16,17). The normalized spacial score (nSPS) is 10.9. The molecule has 2 rings (SSSR count). The Kier molecular flexibility index (Phi) is 3.63. The molecule has 92 valence electrons. The predicted octanol–water partition coefficient (Wildman–Crippen LogP) is 3.40. The number of hydrogen-bond acceptors (Lipinski definition) is 4. The van der Waals surface area contributed by atoms with Crippen molar-refractivity contribution in [3.05, 3.63) is 47.0 Å². The number of rotatable bonds is 4. The SMILES string of the molecule is CC(C)(CNc1ncc(C#N)s1)c1ccccc1. The third-order valence-electron chi connectivity index (χ3n) is 2.85. The van der Waals surface area contributed by atoms with E-state index in [1.165, 1.54) is 16.9 Å². The smallest absolute Gasteiger partial charge is 0.183 e. The van der Waals surface area contributed by atoms with Crippen molar-refractivity contribution in [1.29, 1.82) is 5.26 Å². The van der Waals surface area contributed by atoms with Gasteiger partial charge in [0, 0.05) is 12.0 Å². The van der Waals surface area contributed by atoms with Crippen molar-refractivity contribution >= 4 is 16.5 Å². The van der Waals surface area contributed by atoms with Gasteiger partial charge < -0.3 is 5.32 Å². The average Bonchev–Trinajstić information content (AvgIpc) is 2.86. The molecule has 0 aliphatic rings. The van der Waals surface area contributed by atoms with Crippen LogP contribution in [0, 0.1) is 11.3 Å². The lowest BCUT2D eigenvalue weighted by atomic mass is 9.85. The number of aromatic nitrogens is 1. The van der Waals surface area contributed by atoms with Crippen LogP contribution in [0.1, 0.15) is 24.3 Å². The second-order valence-corrected chi connectivity index (χ2v) is 5.78. The van der Waals surface area contributed by atoms with Crippen LogP contribution in [-0.2, 0) is 5.41 Å². The molecule has 0 radical (unpaired) electrons. The summed E-state index contributed by atoms with van der Waals surface area (Å²) in [5.41, 5.74) is 1.31. The van der Waals surface area contributed by atoms with Gasteiger partial charge in [0.15, 0.2) is 5.13 Å². The second kappa shape index (κ2) is 5.19. The molecule has 0 saturated heterocycles. The highest BCUT2D eigenvalue weighted by Crippen LogP contribution is 2.24. The topological polar surface area (TPSA) is 48.7 Å². The Bertz CT molecular complexity index is 552. The zero-order valence-electron chi connectivity index (χ0n) is 10.5. The number of benzene rings is 1. The Morgan fingerprint density at radius 2 is 2.06 bits per heavy atom. The first-order chi connectivity index (χ1) is 8.62. The van der Waals surface area contributed by atoms with E-state index in [9.17, 15) is 0 Å². The molecule has 1 heterocycles. The van der Waals surface area contributed by atoms with Crippen molar-refractivity contribution in [2.24, 2.45) is 0 Å².